The molecule has 1 atom stereocenters. The van der Waals surface area contributed by atoms with Crippen LogP contribution in [0.4, 0.5) is 0 Å². The highest BCUT2D eigenvalue weighted by molar-refractivity contribution is 5.32. The molecule has 0 unspecified atom stereocenters. The van der Waals surface area contributed by atoms with Crippen molar-refractivity contribution in [2.45, 2.75) is 19.6 Å². The lowest BCUT2D eigenvalue weighted by atomic mass is 10.1. The molecule has 4 heteroatoms. The van der Waals surface area contributed by atoms with Gasteiger partial charge in [0, 0.05) is 39.3 Å². The molecule has 19 heavy (non-hydrogen) atoms. The number of nitriles is 1. The van der Waals surface area contributed by atoms with Crippen LogP contribution in [0.5, 0.6) is 0 Å². The van der Waals surface area contributed by atoms with E-state index in [4.69, 9.17) is 5.26 Å². The van der Waals surface area contributed by atoms with Gasteiger partial charge in [-0.25, -0.2) is 0 Å². The number of hydrogen-bond acceptors (Lipinski definition) is 4. The van der Waals surface area contributed by atoms with E-state index in [1.807, 2.05) is 25.1 Å². The lowest BCUT2D eigenvalue weighted by Crippen LogP contribution is -2.47. The van der Waals surface area contributed by atoms with Gasteiger partial charge in [-0.1, -0.05) is 12.1 Å². The van der Waals surface area contributed by atoms with E-state index < -0.39 is 0 Å². The summed E-state index contributed by atoms with van der Waals surface area (Å²) in [5.41, 5.74) is 1.92. The molecule has 1 heterocycles. The number of hydrogen-bond donors (Lipinski definition) is 1. The van der Waals surface area contributed by atoms with Crippen molar-refractivity contribution in [2.75, 3.05) is 32.7 Å². The molecular weight excluding hydrogens is 238 g/mol. The summed E-state index contributed by atoms with van der Waals surface area (Å²) in [5.74, 6) is 0. The zero-order valence-electron chi connectivity index (χ0n) is 11.4. The maximum atomic E-state index is 9.38. The van der Waals surface area contributed by atoms with Crippen LogP contribution in [-0.2, 0) is 6.54 Å². The van der Waals surface area contributed by atoms with Crippen molar-refractivity contribution in [3.63, 3.8) is 0 Å². The predicted octanol–water partition coefficient (Wildman–Crippen LogP) is 1.06. The zero-order valence-corrected chi connectivity index (χ0v) is 11.4. The Morgan fingerprint density at radius 2 is 1.95 bits per heavy atom. The van der Waals surface area contributed by atoms with Gasteiger partial charge >= 0.3 is 0 Å². The molecule has 102 valence electrons. The average molecular weight is 259 g/mol. The van der Waals surface area contributed by atoms with Crippen LogP contribution < -0.4 is 0 Å². The van der Waals surface area contributed by atoms with Crippen LogP contribution >= 0.6 is 0 Å². The second kappa shape index (κ2) is 6.67. The second-order valence-corrected chi connectivity index (χ2v) is 5.24. The molecular formula is C15H21N3O. The first-order valence-electron chi connectivity index (χ1n) is 6.79. The number of benzene rings is 1. The fourth-order valence-corrected chi connectivity index (χ4v) is 2.50. The molecule has 0 aromatic heterocycles. The molecule has 2 rings (SSSR count). The second-order valence-electron chi connectivity index (χ2n) is 5.24. The van der Waals surface area contributed by atoms with E-state index in [0.29, 0.717) is 0 Å². The zero-order chi connectivity index (χ0) is 13.7. The Hall–Kier alpha value is -1.41. The number of rotatable bonds is 4. The molecule has 0 spiro atoms. The van der Waals surface area contributed by atoms with E-state index >= 15 is 0 Å². The molecule has 1 aliphatic rings. The summed E-state index contributed by atoms with van der Waals surface area (Å²) < 4.78 is 0. The standard InChI is InChI=1S/C15H21N3O/c1-13(19)11-17-5-7-18(8-6-17)12-15-4-2-3-14(9-15)10-16/h2-4,9,13,19H,5-8,11-12H2,1H3/t13-/m1/s1. The molecule has 0 radical (unpaired) electrons. The number of nitrogens with zero attached hydrogens (tertiary/aromatic N) is 3. The Morgan fingerprint density at radius 1 is 1.26 bits per heavy atom. The predicted molar refractivity (Wildman–Crippen MR) is 74.6 cm³/mol. The van der Waals surface area contributed by atoms with Crippen molar-refractivity contribution in [3.05, 3.63) is 35.4 Å². The van der Waals surface area contributed by atoms with Crippen LogP contribution in [-0.4, -0.2) is 53.7 Å². The van der Waals surface area contributed by atoms with Crippen LogP contribution in [0.25, 0.3) is 0 Å². The van der Waals surface area contributed by atoms with E-state index in [0.717, 1.165) is 44.8 Å². The molecule has 1 N–H and O–H groups in total. The first kappa shape index (κ1) is 14.0. The molecule has 1 aliphatic heterocycles. The highest BCUT2D eigenvalue weighted by Crippen LogP contribution is 2.10. The largest absolute Gasteiger partial charge is 0.392 e. The van der Waals surface area contributed by atoms with Crippen molar-refractivity contribution in [1.29, 1.82) is 5.26 Å². The molecule has 0 bridgehead atoms. The van der Waals surface area contributed by atoms with Crippen molar-refractivity contribution in [3.8, 4) is 6.07 Å². The number of β-amino-alcohol motifs (C(OH)–C–C–N with tert-alkyl or cyclic N) is 1. The fourth-order valence-electron chi connectivity index (χ4n) is 2.50. The van der Waals surface area contributed by atoms with Gasteiger partial charge in [0.05, 0.1) is 17.7 Å². The maximum Gasteiger partial charge on any atom is 0.0991 e. The number of aliphatic hydroxyl groups is 1. The highest BCUT2D eigenvalue weighted by atomic mass is 16.3. The van der Waals surface area contributed by atoms with E-state index in [1.54, 1.807) is 0 Å². The smallest absolute Gasteiger partial charge is 0.0991 e. The van der Waals surface area contributed by atoms with E-state index in [1.165, 1.54) is 5.56 Å². The Balaban J connectivity index is 1.84. The Bertz CT molecular complexity index is 445. The first-order valence-corrected chi connectivity index (χ1v) is 6.79. The summed E-state index contributed by atoms with van der Waals surface area (Å²) in [6.07, 6.45) is -0.251. The lowest BCUT2D eigenvalue weighted by Gasteiger charge is -2.35. The molecule has 1 fully saturated rings. The topological polar surface area (TPSA) is 50.5 Å². The van der Waals surface area contributed by atoms with Crippen molar-refractivity contribution >= 4 is 0 Å². The summed E-state index contributed by atoms with van der Waals surface area (Å²) in [5, 5.41) is 18.3. The number of piperazine rings is 1. The monoisotopic (exact) mass is 259 g/mol. The van der Waals surface area contributed by atoms with Gasteiger partial charge in [0.25, 0.3) is 0 Å². The van der Waals surface area contributed by atoms with Gasteiger partial charge in [0.15, 0.2) is 0 Å². The third-order valence-corrected chi connectivity index (χ3v) is 3.45. The van der Waals surface area contributed by atoms with Gasteiger partial charge in [-0.3, -0.25) is 9.80 Å². The van der Waals surface area contributed by atoms with E-state index in [2.05, 4.69) is 21.9 Å². The summed E-state index contributed by atoms with van der Waals surface area (Å²) >= 11 is 0. The van der Waals surface area contributed by atoms with Gasteiger partial charge in [-0.05, 0) is 24.6 Å². The summed E-state index contributed by atoms with van der Waals surface area (Å²) in [6, 6.07) is 9.99. The molecule has 1 saturated heterocycles. The Kier molecular flexibility index (Phi) is 4.92. The SMILES string of the molecule is C[C@@H](O)CN1CCN(Cc2cccc(C#N)c2)CC1. The highest BCUT2D eigenvalue weighted by Gasteiger charge is 2.17. The minimum Gasteiger partial charge on any atom is -0.392 e. The van der Waals surface area contributed by atoms with E-state index in [9.17, 15) is 5.11 Å². The minimum atomic E-state index is -0.251. The minimum absolute atomic E-state index is 0.251. The van der Waals surface area contributed by atoms with Gasteiger partial charge in [-0.15, -0.1) is 0 Å². The molecule has 1 aromatic rings. The fraction of sp³-hybridized carbons (Fsp3) is 0.533. The van der Waals surface area contributed by atoms with Gasteiger partial charge in [-0.2, -0.15) is 5.26 Å². The lowest BCUT2D eigenvalue weighted by molar-refractivity contribution is 0.0781. The molecule has 4 nitrogen and oxygen atoms in total. The van der Waals surface area contributed by atoms with Crippen LogP contribution in [0.1, 0.15) is 18.1 Å². The summed E-state index contributed by atoms with van der Waals surface area (Å²) in [7, 11) is 0. The van der Waals surface area contributed by atoms with Crippen LogP contribution in [0.15, 0.2) is 24.3 Å². The molecule has 0 amide bonds. The van der Waals surface area contributed by atoms with Gasteiger partial charge in [0.2, 0.25) is 0 Å². The first-order chi connectivity index (χ1) is 9.17. The van der Waals surface area contributed by atoms with Gasteiger partial charge < -0.3 is 5.11 Å². The average Bonchev–Trinajstić information content (AvgIpc) is 2.41. The van der Waals surface area contributed by atoms with Crippen molar-refractivity contribution in [2.24, 2.45) is 0 Å². The Labute approximate surface area is 114 Å². The van der Waals surface area contributed by atoms with Gasteiger partial charge in [0.1, 0.15) is 0 Å². The Morgan fingerprint density at radius 3 is 2.58 bits per heavy atom. The third-order valence-electron chi connectivity index (χ3n) is 3.45. The van der Waals surface area contributed by atoms with Crippen LogP contribution in [0.2, 0.25) is 0 Å². The normalized spacial score (nSPS) is 19.0. The van der Waals surface area contributed by atoms with E-state index in [-0.39, 0.29) is 6.10 Å². The third kappa shape index (κ3) is 4.32. The number of aliphatic hydroxyl groups excluding tert-OH is 1. The maximum absolute atomic E-state index is 9.38. The summed E-state index contributed by atoms with van der Waals surface area (Å²) in [6.45, 7) is 7.54. The summed E-state index contributed by atoms with van der Waals surface area (Å²) in [4.78, 5) is 4.70. The quantitative estimate of drug-likeness (QED) is 0.878. The molecule has 0 aliphatic carbocycles. The van der Waals surface area contributed by atoms with Crippen LogP contribution in [0, 0.1) is 11.3 Å². The van der Waals surface area contributed by atoms with Crippen molar-refractivity contribution < 1.29 is 5.11 Å². The molecule has 1 aromatic carbocycles. The molecule has 0 saturated carbocycles. The van der Waals surface area contributed by atoms with Crippen LogP contribution in [0.3, 0.4) is 0 Å². The van der Waals surface area contributed by atoms with Crippen molar-refractivity contribution in [1.82, 2.24) is 9.80 Å².